The Bertz CT molecular complexity index is 840. The number of Topliss-reactive ketones (excluding diaryl/α,β-unsaturated/α-hetero) is 1. The Labute approximate surface area is 159 Å². The summed E-state index contributed by atoms with van der Waals surface area (Å²) in [5.74, 6) is 0.898. The minimum Gasteiger partial charge on any atom is -0.489 e. The van der Waals surface area contributed by atoms with Gasteiger partial charge < -0.3 is 4.74 Å². The summed E-state index contributed by atoms with van der Waals surface area (Å²) < 4.78 is 5.78. The predicted octanol–water partition coefficient (Wildman–Crippen LogP) is 5.94. The molecule has 0 saturated carbocycles. The molecule has 0 spiro atoms. The van der Waals surface area contributed by atoms with Crippen molar-refractivity contribution in [3.63, 3.8) is 0 Å². The van der Waals surface area contributed by atoms with Gasteiger partial charge in [0.05, 0.1) is 5.25 Å². The van der Waals surface area contributed by atoms with E-state index < -0.39 is 0 Å². The number of hydrogen-bond donors (Lipinski definition) is 0. The van der Waals surface area contributed by atoms with Gasteiger partial charge in [-0.05, 0) is 55.8 Å². The Morgan fingerprint density at radius 2 is 1.58 bits per heavy atom. The van der Waals surface area contributed by atoms with Crippen molar-refractivity contribution in [2.75, 3.05) is 0 Å². The Kier molecular flexibility index (Phi) is 6.13. The van der Waals surface area contributed by atoms with Gasteiger partial charge in [-0.3, -0.25) is 4.79 Å². The molecule has 0 fully saturated rings. The van der Waals surface area contributed by atoms with Crippen molar-refractivity contribution >= 4 is 17.5 Å². The van der Waals surface area contributed by atoms with Crippen LogP contribution in [-0.2, 0) is 6.61 Å². The fraction of sp³-hybridized carbons (Fsp3) is 0.174. The van der Waals surface area contributed by atoms with Crippen LogP contribution >= 0.6 is 11.8 Å². The average molecular weight is 362 g/mol. The standard InChI is InChI=1S/C23H22O2S/c1-17-8-14-22(15-9-17)26-18(2)23(24)20-10-12-21(13-11-20)25-16-19-6-4-3-5-7-19/h3-15,18H,16H2,1-2H3. The van der Waals surface area contributed by atoms with Crippen LogP contribution in [0.1, 0.15) is 28.4 Å². The lowest BCUT2D eigenvalue weighted by molar-refractivity contribution is 0.0994. The maximum absolute atomic E-state index is 12.6. The summed E-state index contributed by atoms with van der Waals surface area (Å²) in [5, 5.41) is -0.131. The average Bonchev–Trinajstić information content (AvgIpc) is 2.69. The Hall–Kier alpha value is -2.52. The summed E-state index contributed by atoms with van der Waals surface area (Å²) in [7, 11) is 0. The number of ether oxygens (including phenoxy) is 1. The minimum absolute atomic E-state index is 0.130. The van der Waals surface area contributed by atoms with E-state index in [1.165, 1.54) is 5.56 Å². The van der Waals surface area contributed by atoms with Crippen molar-refractivity contribution in [3.05, 3.63) is 95.6 Å². The van der Waals surface area contributed by atoms with E-state index in [1.54, 1.807) is 11.8 Å². The summed E-state index contributed by atoms with van der Waals surface area (Å²) >= 11 is 1.59. The van der Waals surface area contributed by atoms with E-state index in [1.807, 2.05) is 61.5 Å². The fourth-order valence-corrected chi connectivity index (χ4v) is 3.51. The van der Waals surface area contributed by atoms with Gasteiger partial charge in [-0.1, -0.05) is 48.0 Å². The van der Waals surface area contributed by atoms with Crippen molar-refractivity contribution in [3.8, 4) is 5.75 Å². The normalized spacial score (nSPS) is 11.8. The third kappa shape index (κ3) is 4.99. The summed E-state index contributed by atoms with van der Waals surface area (Å²) in [4.78, 5) is 13.8. The van der Waals surface area contributed by atoms with Gasteiger partial charge in [-0.2, -0.15) is 0 Å². The van der Waals surface area contributed by atoms with Crippen LogP contribution in [0.2, 0.25) is 0 Å². The molecule has 0 aromatic heterocycles. The second-order valence-electron chi connectivity index (χ2n) is 6.24. The first-order chi connectivity index (χ1) is 12.6. The van der Waals surface area contributed by atoms with Crippen LogP contribution in [0.15, 0.2) is 83.8 Å². The Balaban J connectivity index is 1.58. The molecule has 0 aliphatic heterocycles. The molecule has 0 N–H and O–H groups in total. The van der Waals surface area contributed by atoms with Crippen molar-refractivity contribution in [1.29, 1.82) is 0 Å². The first kappa shape index (κ1) is 18.3. The van der Waals surface area contributed by atoms with Crippen molar-refractivity contribution < 1.29 is 9.53 Å². The maximum Gasteiger partial charge on any atom is 0.175 e. The van der Waals surface area contributed by atoms with Crippen LogP contribution in [0, 0.1) is 6.92 Å². The monoisotopic (exact) mass is 362 g/mol. The number of benzene rings is 3. The van der Waals surface area contributed by atoms with Gasteiger partial charge in [0.2, 0.25) is 0 Å². The van der Waals surface area contributed by atoms with Gasteiger partial charge in [0.1, 0.15) is 12.4 Å². The lowest BCUT2D eigenvalue weighted by atomic mass is 10.1. The van der Waals surface area contributed by atoms with E-state index in [-0.39, 0.29) is 11.0 Å². The van der Waals surface area contributed by atoms with Crippen LogP contribution in [0.3, 0.4) is 0 Å². The van der Waals surface area contributed by atoms with Gasteiger partial charge in [0.25, 0.3) is 0 Å². The van der Waals surface area contributed by atoms with Crippen LogP contribution in [0.25, 0.3) is 0 Å². The first-order valence-corrected chi connectivity index (χ1v) is 9.54. The van der Waals surface area contributed by atoms with Crippen LogP contribution in [0.5, 0.6) is 5.75 Å². The third-order valence-electron chi connectivity index (χ3n) is 4.09. The number of carbonyl (C=O) groups is 1. The smallest absolute Gasteiger partial charge is 0.175 e. The molecule has 0 heterocycles. The molecular formula is C23H22O2S. The molecule has 3 rings (SSSR count). The molecule has 0 aliphatic rings. The Morgan fingerprint density at radius 3 is 2.23 bits per heavy atom. The van der Waals surface area contributed by atoms with E-state index in [4.69, 9.17) is 4.74 Å². The van der Waals surface area contributed by atoms with E-state index in [0.29, 0.717) is 12.2 Å². The Morgan fingerprint density at radius 1 is 0.923 bits per heavy atom. The van der Waals surface area contributed by atoms with Crippen molar-refractivity contribution in [2.24, 2.45) is 0 Å². The second kappa shape index (κ2) is 8.72. The van der Waals surface area contributed by atoms with Crippen molar-refractivity contribution in [2.45, 2.75) is 30.6 Å². The first-order valence-electron chi connectivity index (χ1n) is 8.66. The lowest BCUT2D eigenvalue weighted by Crippen LogP contribution is -2.13. The number of ketones is 1. The second-order valence-corrected chi connectivity index (χ2v) is 7.65. The topological polar surface area (TPSA) is 26.3 Å². The predicted molar refractivity (Wildman–Crippen MR) is 108 cm³/mol. The molecule has 0 amide bonds. The number of rotatable bonds is 7. The highest BCUT2D eigenvalue weighted by atomic mass is 32.2. The summed E-state index contributed by atoms with van der Waals surface area (Å²) in [5.41, 5.74) is 3.05. The van der Waals surface area contributed by atoms with Gasteiger partial charge in [0, 0.05) is 10.5 Å². The van der Waals surface area contributed by atoms with E-state index in [2.05, 4.69) is 31.2 Å². The minimum atomic E-state index is -0.131. The van der Waals surface area contributed by atoms with Crippen LogP contribution < -0.4 is 4.74 Å². The third-order valence-corrected chi connectivity index (χ3v) is 5.20. The molecule has 3 aromatic rings. The molecule has 0 radical (unpaired) electrons. The van der Waals surface area contributed by atoms with Gasteiger partial charge in [-0.25, -0.2) is 0 Å². The summed E-state index contributed by atoms with van der Waals surface area (Å²) in [6.45, 7) is 4.53. The van der Waals surface area contributed by atoms with Crippen LogP contribution in [0.4, 0.5) is 0 Å². The molecule has 132 valence electrons. The zero-order chi connectivity index (χ0) is 18.4. The molecule has 0 bridgehead atoms. The maximum atomic E-state index is 12.6. The molecule has 2 nitrogen and oxygen atoms in total. The highest BCUT2D eigenvalue weighted by Gasteiger charge is 2.16. The molecule has 26 heavy (non-hydrogen) atoms. The van der Waals surface area contributed by atoms with Gasteiger partial charge >= 0.3 is 0 Å². The summed E-state index contributed by atoms with van der Waals surface area (Å²) in [6, 6.07) is 25.7. The molecule has 3 heteroatoms. The number of carbonyl (C=O) groups excluding carboxylic acids is 1. The highest BCUT2D eigenvalue weighted by Crippen LogP contribution is 2.26. The summed E-state index contributed by atoms with van der Waals surface area (Å²) in [6.07, 6.45) is 0. The molecule has 1 atom stereocenters. The number of thioether (sulfide) groups is 1. The quantitative estimate of drug-likeness (QED) is 0.384. The molecular weight excluding hydrogens is 340 g/mol. The SMILES string of the molecule is Cc1ccc(SC(C)C(=O)c2ccc(OCc3ccccc3)cc2)cc1. The lowest BCUT2D eigenvalue weighted by Gasteiger charge is -2.11. The molecule has 3 aromatic carbocycles. The number of aryl methyl sites for hydroxylation is 1. The van der Waals surface area contributed by atoms with E-state index >= 15 is 0 Å². The van der Waals surface area contributed by atoms with E-state index in [9.17, 15) is 4.79 Å². The zero-order valence-electron chi connectivity index (χ0n) is 15.0. The molecule has 1 unspecified atom stereocenters. The highest BCUT2D eigenvalue weighted by molar-refractivity contribution is 8.00. The number of hydrogen-bond acceptors (Lipinski definition) is 3. The van der Waals surface area contributed by atoms with E-state index in [0.717, 1.165) is 16.2 Å². The molecule has 0 saturated heterocycles. The van der Waals surface area contributed by atoms with Crippen LogP contribution in [-0.4, -0.2) is 11.0 Å². The largest absolute Gasteiger partial charge is 0.489 e. The van der Waals surface area contributed by atoms with Gasteiger partial charge in [0.15, 0.2) is 5.78 Å². The molecule has 0 aliphatic carbocycles. The van der Waals surface area contributed by atoms with Gasteiger partial charge in [-0.15, -0.1) is 11.8 Å². The van der Waals surface area contributed by atoms with Crippen molar-refractivity contribution in [1.82, 2.24) is 0 Å². The zero-order valence-corrected chi connectivity index (χ0v) is 15.8. The fourth-order valence-electron chi connectivity index (χ4n) is 2.57.